The van der Waals surface area contributed by atoms with Crippen LogP contribution in [0.3, 0.4) is 0 Å². The van der Waals surface area contributed by atoms with Crippen LogP contribution in [0.15, 0.2) is 18.2 Å². The van der Waals surface area contributed by atoms with Crippen LogP contribution in [0.1, 0.15) is 5.69 Å². The second-order valence-electron chi connectivity index (χ2n) is 4.01. The Morgan fingerprint density at radius 1 is 1.24 bits per heavy atom. The molecule has 2 aromatic rings. The first-order chi connectivity index (χ1) is 9.90. The van der Waals surface area contributed by atoms with Gasteiger partial charge >= 0.3 is 5.69 Å². The Morgan fingerprint density at radius 3 is 2.57 bits per heavy atom. The van der Waals surface area contributed by atoms with Gasteiger partial charge in [0.25, 0.3) is 0 Å². The fourth-order valence-electron chi connectivity index (χ4n) is 1.55. The van der Waals surface area contributed by atoms with Crippen LogP contribution in [0.4, 0.5) is 20.4 Å². The molecule has 1 aromatic carbocycles. The van der Waals surface area contributed by atoms with Crippen molar-refractivity contribution in [2.75, 3.05) is 12.4 Å². The van der Waals surface area contributed by atoms with Crippen molar-refractivity contribution in [3.05, 3.63) is 45.6 Å². The van der Waals surface area contributed by atoms with Crippen molar-refractivity contribution in [1.82, 2.24) is 9.97 Å². The number of benzene rings is 1. The summed E-state index contributed by atoms with van der Waals surface area (Å²) < 4.78 is 32.3. The number of nitro groups is 1. The van der Waals surface area contributed by atoms with E-state index in [0.717, 1.165) is 0 Å². The van der Waals surface area contributed by atoms with Gasteiger partial charge in [0.2, 0.25) is 17.6 Å². The SMILES string of the molecule is CNc1nc(C)cc(Oc2cc(F)c([N+](=O)[O-])cc2F)n1. The van der Waals surface area contributed by atoms with Crippen molar-refractivity contribution < 1.29 is 18.4 Å². The van der Waals surface area contributed by atoms with Gasteiger partial charge in [0.1, 0.15) is 0 Å². The number of nitro benzene ring substituents is 1. The summed E-state index contributed by atoms with van der Waals surface area (Å²) in [5, 5.41) is 13.2. The molecule has 0 aliphatic heterocycles. The van der Waals surface area contributed by atoms with Gasteiger partial charge in [0.15, 0.2) is 11.6 Å². The molecule has 1 heterocycles. The fourth-order valence-corrected chi connectivity index (χ4v) is 1.55. The highest BCUT2D eigenvalue weighted by Crippen LogP contribution is 2.29. The van der Waals surface area contributed by atoms with Gasteiger partial charge in [-0.25, -0.2) is 9.37 Å². The van der Waals surface area contributed by atoms with Crippen molar-refractivity contribution in [3.63, 3.8) is 0 Å². The summed E-state index contributed by atoms with van der Waals surface area (Å²) in [7, 11) is 1.59. The lowest BCUT2D eigenvalue weighted by Crippen LogP contribution is -2.01. The van der Waals surface area contributed by atoms with Crippen molar-refractivity contribution in [3.8, 4) is 11.6 Å². The molecule has 110 valence electrons. The highest BCUT2D eigenvalue weighted by Gasteiger charge is 2.20. The zero-order valence-corrected chi connectivity index (χ0v) is 11.1. The molecule has 2 rings (SSSR count). The lowest BCUT2D eigenvalue weighted by molar-refractivity contribution is -0.387. The Balaban J connectivity index is 2.38. The van der Waals surface area contributed by atoms with Crippen LogP contribution in [0.25, 0.3) is 0 Å². The van der Waals surface area contributed by atoms with Gasteiger partial charge < -0.3 is 10.1 Å². The largest absolute Gasteiger partial charge is 0.436 e. The molecule has 0 radical (unpaired) electrons. The van der Waals surface area contributed by atoms with Crippen LogP contribution in [0, 0.1) is 28.7 Å². The predicted octanol–water partition coefficient (Wildman–Crippen LogP) is 2.81. The Hall–Kier alpha value is -2.84. The number of aryl methyl sites for hydroxylation is 1. The lowest BCUT2D eigenvalue weighted by atomic mass is 10.3. The fraction of sp³-hybridized carbons (Fsp3) is 0.167. The monoisotopic (exact) mass is 296 g/mol. The third kappa shape index (κ3) is 3.19. The molecule has 0 saturated carbocycles. The van der Waals surface area contributed by atoms with Crippen LogP contribution in [-0.4, -0.2) is 21.9 Å². The maximum Gasteiger partial charge on any atom is 0.307 e. The Bertz CT molecular complexity index is 709. The second-order valence-corrected chi connectivity index (χ2v) is 4.01. The zero-order valence-electron chi connectivity index (χ0n) is 11.1. The van der Waals surface area contributed by atoms with E-state index in [1.54, 1.807) is 14.0 Å². The number of nitrogens with one attached hydrogen (secondary N) is 1. The molecular formula is C12H10F2N4O3. The quantitative estimate of drug-likeness (QED) is 0.689. The summed E-state index contributed by atoms with van der Waals surface area (Å²) >= 11 is 0. The molecule has 7 nitrogen and oxygen atoms in total. The van der Waals surface area contributed by atoms with Gasteiger partial charge in [-0.15, -0.1) is 0 Å². The van der Waals surface area contributed by atoms with Gasteiger partial charge in [-0.1, -0.05) is 0 Å². The molecular weight excluding hydrogens is 286 g/mol. The Kier molecular flexibility index (Phi) is 3.92. The number of hydrogen-bond acceptors (Lipinski definition) is 6. The summed E-state index contributed by atoms with van der Waals surface area (Å²) in [6.07, 6.45) is 0. The van der Waals surface area contributed by atoms with E-state index >= 15 is 0 Å². The summed E-state index contributed by atoms with van der Waals surface area (Å²) in [4.78, 5) is 17.4. The Labute approximate surface area is 117 Å². The zero-order chi connectivity index (χ0) is 15.6. The number of nitrogens with zero attached hydrogens (tertiary/aromatic N) is 3. The average molecular weight is 296 g/mol. The van der Waals surface area contributed by atoms with Crippen LogP contribution in [0.2, 0.25) is 0 Å². The number of anilines is 1. The molecule has 0 unspecified atom stereocenters. The van der Waals surface area contributed by atoms with Gasteiger partial charge in [0, 0.05) is 24.9 Å². The van der Waals surface area contributed by atoms with E-state index in [-0.39, 0.29) is 11.8 Å². The predicted molar refractivity (Wildman–Crippen MR) is 69.4 cm³/mol. The molecule has 0 amide bonds. The molecule has 0 spiro atoms. The normalized spacial score (nSPS) is 10.3. The molecule has 9 heteroatoms. The molecule has 1 N–H and O–H groups in total. The summed E-state index contributed by atoms with van der Waals surface area (Å²) in [6, 6.07) is 2.47. The molecule has 0 bridgehead atoms. The standard InChI is InChI=1S/C12H10F2N4O3/c1-6-3-11(17-12(15-2)16-6)21-10-5-7(13)9(18(19)20)4-8(10)14/h3-5H,1-2H3,(H,15,16,17). The number of aromatic nitrogens is 2. The summed E-state index contributed by atoms with van der Waals surface area (Å²) in [5.74, 6) is -2.54. The van der Waals surface area contributed by atoms with Crippen molar-refractivity contribution in [1.29, 1.82) is 0 Å². The maximum atomic E-state index is 13.7. The third-order valence-electron chi connectivity index (χ3n) is 2.47. The first-order valence-electron chi connectivity index (χ1n) is 5.75. The molecule has 0 saturated heterocycles. The topological polar surface area (TPSA) is 90.2 Å². The van der Waals surface area contributed by atoms with Gasteiger partial charge in [-0.05, 0) is 6.92 Å². The van der Waals surface area contributed by atoms with E-state index in [9.17, 15) is 18.9 Å². The number of hydrogen-bond donors (Lipinski definition) is 1. The third-order valence-corrected chi connectivity index (χ3v) is 2.47. The van der Waals surface area contributed by atoms with Crippen LogP contribution in [-0.2, 0) is 0 Å². The van der Waals surface area contributed by atoms with E-state index in [2.05, 4.69) is 15.3 Å². The van der Waals surface area contributed by atoms with Gasteiger partial charge in [-0.3, -0.25) is 10.1 Å². The van der Waals surface area contributed by atoms with Crippen molar-refractivity contribution in [2.45, 2.75) is 6.92 Å². The minimum atomic E-state index is -1.20. The molecule has 0 atom stereocenters. The van der Waals surface area contributed by atoms with Crippen LogP contribution >= 0.6 is 0 Å². The highest BCUT2D eigenvalue weighted by atomic mass is 19.1. The molecule has 21 heavy (non-hydrogen) atoms. The highest BCUT2D eigenvalue weighted by molar-refractivity contribution is 5.41. The average Bonchev–Trinajstić information content (AvgIpc) is 2.41. The number of ether oxygens (including phenoxy) is 1. The van der Waals surface area contributed by atoms with E-state index in [4.69, 9.17) is 4.74 Å². The first-order valence-corrected chi connectivity index (χ1v) is 5.75. The molecule has 0 fully saturated rings. The first kappa shape index (κ1) is 14.6. The van der Waals surface area contributed by atoms with E-state index in [0.29, 0.717) is 17.8 Å². The lowest BCUT2D eigenvalue weighted by Gasteiger charge is -2.08. The van der Waals surface area contributed by atoms with Crippen molar-refractivity contribution in [2.24, 2.45) is 0 Å². The minimum absolute atomic E-state index is 0.0148. The van der Waals surface area contributed by atoms with Gasteiger partial charge in [-0.2, -0.15) is 9.37 Å². The second kappa shape index (κ2) is 5.65. The molecule has 0 aliphatic carbocycles. The van der Waals surface area contributed by atoms with Crippen LogP contribution in [0.5, 0.6) is 11.6 Å². The Morgan fingerprint density at radius 2 is 1.95 bits per heavy atom. The van der Waals surface area contributed by atoms with Crippen LogP contribution < -0.4 is 10.1 Å². The van der Waals surface area contributed by atoms with E-state index in [1.165, 1.54) is 6.07 Å². The smallest absolute Gasteiger partial charge is 0.307 e. The van der Waals surface area contributed by atoms with Crippen molar-refractivity contribution >= 4 is 11.6 Å². The molecule has 1 aromatic heterocycles. The number of rotatable bonds is 4. The number of halogens is 2. The molecule has 0 aliphatic rings. The summed E-state index contributed by atoms with van der Waals surface area (Å²) in [6.45, 7) is 1.67. The van der Waals surface area contributed by atoms with E-state index in [1.807, 2.05) is 0 Å². The van der Waals surface area contributed by atoms with E-state index < -0.39 is 28.0 Å². The van der Waals surface area contributed by atoms with Gasteiger partial charge in [0.05, 0.1) is 11.0 Å². The minimum Gasteiger partial charge on any atom is -0.436 e. The maximum absolute atomic E-state index is 13.7. The summed E-state index contributed by atoms with van der Waals surface area (Å²) in [5.41, 5.74) is -0.415.